The van der Waals surface area contributed by atoms with E-state index in [1.54, 1.807) is 24.3 Å². The van der Waals surface area contributed by atoms with E-state index in [2.05, 4.69) is 50.1 Å². The van der Waals surface area contributed by atoms with Gasteiger partial charge in [0, 0.05) is 29.7 Å². The average molecular weight is 637 g/mol. The van der Waals surface area contributed by atoms with E-state index >= 15 is 0 Å². The summed E-state index contributed by atoms with van der Waals surface area (Å²) in [7, 11) is 0. The van der Waals surface area contributed by atoms with Gasteiger partial charge in [-0.3, -0.25) is 9.59 Å². The average Bonchev–Trinajstić information content (AvgIpc) is 3.12. The first kappa shape index (κ1) is 21.6. The maximum absolute atomic E-state index is 13.6. The Morgan fingerprint density at radius 1 is 0.800 bits per heavy atom. The Labute approximate surface area is 207 Å². The van der Waals surface area contributed by atoms with Gasteiger partial charge in [-0.25, -0.2) is 0 Å². The summed E-state index contributed by atoms with van der Waals surface area (Å²) in [4.78, 5) is 30.3. The highest BCUT2D eigenvalue weighted by atomic mass is 127. The van der Waals surface area contributed by atoms with E-state index in [1.807, 2.05) is 55.5 Å². The van der Waals surface area contributed by atoms with Crippen LogP contribution in [0.3, 0.4) is 0 Å². The summed E-state index contributed by atoms with van der Waals surface area (Å²) >= 11 is 5.90. The van der Waals surface area contributed by atoms with E-state index in [0.29, 0.717) is 22.7 Å². The van der Waals surface area contributed by atoms with Crippen molar-refractivity contribution in [2.45, 2.75) is 11.8 Å². The number of nitrogens with zero attached hydrogens (tertiary/aromatic N) is 1. The summed E-state index contributed by atoms with van der Waals surface area (Å²) in [6, 6.07) is 22.7. The predicted octanol–water partition coefficient (Wildman–Crippen LogP) is 6.81. The summed E-state index contributed by atoms with van der Waals surface area (Å²) in [5.41, 5.74) is 2.29. The summed E-state index contributed by atoms with van der Waals surface area (Å²) in [6.07, 6.45) is 0. The number of hydrogen-bond donors (Lipinski definition) is 0. The van der Waals surface area contributed by atoms with Crippen LogP contribution in [-0.4, -0.2) is 18.1 Å². The van der Waals surface area contributed by atoms with Gasteiger partial charge in [-0.1, -0.05) is 23.9 Å². The Kier molecular flexibility index (Phi) is 6.64. The van der Waals surface area contributed by atoms with Crippen molar-refractivity contribution in [3.63, 3.8) is 0 Å². The van der Waals surface area contributed by atoms with Gasteiger partial charge in [0.1, 0.15) is 5.57 Å². The molecule has 150 valence electrons. The number of carbonyl (C=O) groups is 2. The van der Waals surface area contributed by atoms with Crippen LogP contribution in [0.5, 0.6) is 0 Å². The molecule has 1 aliphatic rings. The van der Waals surface area contributed by atoms with Crippen LogP contribution in [0.2, 0.25) is 0 Å². The molecule has 3 nitrogen and oxygen atoms in total. The predicted molar refractivity (Wildman–Crippen MR) is 139 cm³/mol. The Bertz CT molecular complexity index is 1100. The number of thioether (sulfide) groups is 1. The summed E-state index contributed by atoms with van der Waals surface area (Å²) in [5.74, 6) is -0.493. The fraction of sp³-hybridized carbons (Fsp3) is 0.0833. The minimum Gasteiger partial charge on any atom is -0.335 e. The molecule has 0 amide bonds. The number of halogens is 2. The van der Waals surface area contributed by atoms with Gasteiger partial charge >= 0.3 is 0 Å². The number of fused-ring (bicyclic) bond motifs is 1. The summed E-state index contributed by atoms with van der Waals surface area (Å²) < 4.78 is 2.08. The second-order valence-electron chi connectivity index (χ2n) is 6.67. The van der Waals surface area contributed by atoms with Crippen molar-refractivity contribution in [3.05, 3.63) is 102 Å². The topological polar surface area (TPSA) is 37.4 Å². The second kappa shape index (κ2) is 9.23. The number of carbonyl (C=O) groups excluding carboxylic acids is 2. The van der Waals surface area contributed by atoms with Gasteiger partial charge in [-0.15, -0.1) is 0 Å². The zero-order chi connectivity index (χ0) is 21.3. The third-order valence-electron chi connectivity index (χ3n) is 4.80. The van der Waals surface area contributed by atoms with Crippen LogP contribution in [-0.2, 0) is 0 Å². The summed E-state index contributed by atoms with van der Waals surface area (Å²) in [6.45, 7) is 2.70. The molecule has 0 unspecified atom stereocenters. The second-order valence-corrected chi connectivity index (χ2v) is 10.2. The van der Waals surface area contributed by atoms with Crippen LogP contribution in [0.4, 0.5) is 5.69 Å². The van der Waals surface area contributed by atoms with Gasteiger partial charge in [-0.2, -0.15) is 0 Å². The molecule has 0 radical (unpaired) electrons. The largest absolute Gasteiger partial charge is 0.335 e. The lowest BCUT2D eigenvalue weighted by Crippen LogP contribution is -2.24. The monoisotopic (exact) mass is 637 g/mol. The van der Waals surface area contributed by atoms with E-state index in [4.69, 9.17) is 0 Å². The van der Waals surface area contributed by atoms with E-state index in [9.17, 15) is 9.59 Å². The molecule has 0 atom stereocenters. The quantitative estimate of drug-likeness (QED) is 0.101. The third-order valence-corrected chi connectivity index (χ3v) is 7.43. The molecule has 0 spiro atoms. The van der Waals surface area contributed by atoms with Crippen LogP contribution in [0.25, 0.3) is 0 Å². The molecular formula is C24H17I2NO2S. The van der Waals surface area contributed by atoms with E-state index in [-0.39, 0.29) is 17.1 Å². The molecule has 0 bridgehead atoms. The highest BCUT2D eigenvalue weighted by molar-refractivity contribution is 14.1. The maximum Gasteiger partial charge on any atom is 0.199 e. The normalized spacial score (nSPS) is 12.6. The lowest BCUT2D eigenvalue weighted by Gasteiger charge is -2.21. The van der Waals surface area contributed by atoms with Crippen molar-refractivity contribution in [3.8, 4) is 0 Å². The molecular weight excluding hydrogens is 620 g/mol. The minimum atomic E-state index is -0.247. The van der Waals surface area contributed by atoms with Crippen molar-refractivity contribution in [2.24, 2.45) is 0 Å². The minimum absolute atomic E-state index is 0.223. The molecule has 0 aromatic heterocycles. The van der Waals surface area contributed by atoms with Crippen molar-refractivity contribution in [1.82, 2.24) is 0 Å². The number of Topliss-reactive ketones (excluding diaryl/α,β-unsaturated/α-hetero) is 2. The fourth-order valence-corrected chi connectivity index (χ4v) is 5.31. The Morgan fingerprint density at radius 2 is 1.30 bits per heavy atom. The number of ketones is 2. The highest BCUT2D eigenvalue weighted by Crippen LogP contribution is 2.47. The van der Waals surface area contributed by atoms with E-state index in [1.165, 1.54) is 11.8 Å². The molecule has 0 saturated carbocycles. The van der Waals surface area contributed by atoms with Gasteiger partial charge in [0.2, 0.25) is 0 Å². The van der Waals surface area contributed by atoms with Gasteiger partial charge in [-0.05, 0) is 113 Å². The van der Waals surface area contributed by atoms with Gasteiger partial charge in [0.15, 0.2) is 11.6 Å². The zero-order valence-corrected chi connectivity index (χ0v) is 21.2. The standard InChI is InChI=1S/C24H17I2NO2S/c1-2-27-19-5-3-4-6-20(19)30-24(27)21(22(28)15-7-11-17(25)12-8-15)23(29)16-9-13-18(26)14-10-16/h3-14H,2H2,1H3. The molecule has 0 aliphatic carbocycles. The molecule has 3 aromatic rings. The fourth-order valence-electron chi connectivity index (χ4n) is 3.32. The number of para-hydroxylation sites is 1. The van der Waals surface area contributed by atoms with Crippen molar-refractivity contribution in [1.29, 1.82) is 0 Å². The van der Waals surface area contributed by atoms with Gasteiger partial charge < -0.3 is 4.90 Å². The lowest BCUT2D eigenvalue weighted by atomic mass is 9.96. The van der Waals surface area contributed by atoms with Crippen molar-refractivity contribution < 1.29 is 9.59 Å². The molecule has 1 heterocycles. The third kappa shape index (κ3) is 4.22. The number of anilines is 1. The molecule has 0 N–H and O–H groups in total. The number of hydrogen-bond acceptors (Lipinski definition) is 4. The van der Waals surface area contributed by atoms with Crippen molar-refractivity contribution >= 4 is 74.2 Å². The first-order chi connectivity index (χ1) is 14.5. The van der Waals surface area contributed by atoms with Crippen LogP contribution in [0, 0.1) is 7.14 Å². The maximum atomic E-state index is 13.6. The first-order valence-corrected chi connectivity index (χ1v) is 12.4. The molecule has 30 heavy (non-hydrogen) atoms. The number of rotatable bonds is 5. The van der Waals surface area contributed by atoms with Crippen molar-refractivity contribution in [2.75, 3.05) is 11.4 Å². The lowest BCUT2D eigenvalue weighted by molar-refractivity contribution is 0.0961. The first-order valence-electron chi connectivity index (χ1n) is 9.39. The summed E-state index contributed by atoms with van der Waals surface area (Å²) in [5, 5.41) is 0.700. The van der Waals surface area contributed by atoms with Gasteiger partial charge in [0.25, 0.3) is 0 Å². The molecule has 0 fully saturated rings. The number of benzene rings is 3. The number of allylic oxidation sites excluding steroid dienone is 1. The zero-order valence-electron chi connectivity index (χ0n) is 16.1. The van der Waals surface area contributed by atoms with Crippen LogP contribution >= 0.6 is 56.9 Å². The molecule has 3 aromatic carbocycles. The van der Waals surface area contributed by atoms with E-state index in [0.717, 1.165) is 17.7 Å². The smallest absolute Gasteiger partial charge is 0.199 e. The Hall–Kier alpha value is -1.65. The van der Waals surface area contributed by atoms with Crippen LogP contribution in [0.1, 0.15) is 27.6 Å². The highest BCUT2D eigenvalue weighted by Gasteiger charge is 2.33. The molecule has 6 heteroatoms. The molecule has 0 saturated heterocycles. The molecule has 1 aliphatic heterocycles. The Balaban J connectivity index is 1.88. The van der Waals surface area contributed by atoms with Gasteiger partial charge in [0.05, 0.1) is 10.7 Å². The van der Waals surface area contributed by atoms with Crippen LogP contribution in [0.15, 0.2) is 88.3 Å². The van der Waals surface area contributed by atoms with E-state index < -0.39 is 0 Å². The molecule has 4 rings (SSSR count). The SMILES string of the molecule is CCN1C(=C(C(=O)c2ccc(I)cc2)C(=O)c2ccc(I)cc2)Sc2ccccc21. The van der Waals surface area contributed by atoms with Crippen LogP contribution < -0.4 is 4.90 Å². The Morgan fingerprint density at radius 3 is 1.80 bits per heavy atom.